The van der Waals surface area contributed by atoms with E-state index in [1.54, 1.807) is 0 Å². The van der Waals surface area contributed by atoms with E-state index in [4.69, 9.17) is 17.0 Å². The summed E-state index contributed by atoms with van der Waals surface area (Å²) in [6.07, 6.45) is 0.150. The molecular formula is C8H17NOS. The maximum Gasteiger partial charge on any atom is 0.257 e. The van der Waals surface area contributed by atoms with Crippen molar-refractivity contribution < 1.29 is 4.74 Å². The van der Waals surface area contributed by atoms with Gasteiger partial charge < -0.3 is 10.1 Å². The summed E-state index contributed by atoms with van der Waals surface area (Å²) in [6, 6.07) is 0. The summed E-state index contributed by atoms with van der Waals surface area (Å²) in [6.45, 7) is 10.0. The molecule has 0 heterocycles. The molecule has 0 aromatic carbocycles. The fraction of sp³-hybridized carbons (Fsp3) is 0.875. The van der Waals surface area contributed by atoms with Crippen molar-refractivity contribution in [2.24, 2.45) is 0 Å². The SMILES string of the molecule is CC(C)OC(=S)NC(C)(C)C. The standard InChI is InChI=1S/C8H17NOS/c1-6(2)10-7(11)9-8(3,4)5/h6H,1-5H3,(H,9,11). The van der Waals surface area contributed by atoms with Gasteiger partial charge >= 0.3 is 0 Å². The minimum atomic E-state index is -0.00796. The van der Waals surface area contributed by atoms with Gasteiger partial charge in [0.15, 0.2) is 0 Å². The molecular weight excluding hydrogens is 158 g/mol. The number of nitrogens with one attached hydrogen (secondary N) is 1. The lowest BCUT2D eigenvalue weighted by Gasteiger charge is -2.23. The highest BCUT2D eigenvalue weighted by Crippen LogP contribution is 2.00. The van der Waals surface area contributed by atoms with Crippen molar-refractivity contribution in [2.45, 2.75) is 46.3 Å². The number of thiocarbonyl (C=S) groups is 1. The molecule has 0 aromatic rings. The predicted molar refractivity (Wildman–Crippen MR) is 51.7 cm³/mol. The number of ether oxygens (including phenoxy) is 1. The normalized spacial score (nSPS) is 11.5. The second kappa shape index (κ2) is 3.90. The van der Waals surface area contributed by atoms with Crippen molar-refractivity contribution in [3.05, 3.63) is 0 Å². The maximum atomic E-state index is 5.25. The first-order chi connectivity index (χ1) is 4.81. The van der Waals surface area contributed by atoms with Crippen LogP contribution < -0.4 is 5.32 Å². The third kappa shape index (κ3) is 7.59. The highest BCUT2D eigenvalue weighted by molar-refractivity contribution is 7.80. The molecule has 0 aliphatic rings. The van der Waals surface area contributed by atoms with E-state index in [1.165, 1.54) is 0 Å². The van der Waals surface area contributed by atoms with Crippen LogP contribution in [0.3, 0.4) is 0 Å². The molecule has 0 radical (unpaired) electrons. The van der Waals surface area contributed by atoms with Crippen LogP contribution in [0.2, 0.25) is 0 Å². The molecule has 66 valence electrons. The van der Waals surface area contributed by atoms with Gasteiger partial charge in [-0.3, -0.25) is 0 Å². The largest absolute Gasteiger partial charge is 0.468 e. The molecule has 0 aromatic heterocycles. The molecule has 0 saturated heterocycles. The molecule has 0 bridgehead atoms. The molecule has 0 aliphatic carbocycles. The van der Waals surface area contributed by atoms with Gasteiger partial charge in [0.1, 0.15) is 0 Å². The summed E-state index contributed by atoms with van der Waals surface area (Å²) >= 11 is 4.95. The molecule has 0 saturated carbocycles. The van der Waals surface area contributed by atoms with E-state index in [2.05, 4.69) is 5.32 Å². The average molecular weight is 175 g/mol. The van der Waals surface area contributed by atoms with Crippen molar-refractivity contribution in [3.8, 4) is 0 Å². The number of rotatable bonds is 1. The van der Waals surface area contributed by atoms with Crippen LogP contribution in [-0.4, -0.2) is 16.8 Å². The average Bonchev–Trinajstić information content (AvgIpc) is 1.53. The maximum absolute atomic E-state index is 5.25. The molecule has 1 N–H and O–H groups in total. The minimum absolute atomic E-state index is 0.00796. The second-order valence-electron chi connectivity index (χ2n) is 3.83. The quantitative estimate of drug-likeness (QED) is 0.617. The summed E-state index contributed by atoms with van der Waals surface area (Å²) < 4.78 is 5.25. The first kappa shape index (κ1) is 10.7. The van der Waals surface area contributed by atoms with Crippen LogP contribution >= 0.6 is 12.2 Å². The van der Waals surface area contributed by atoms with Crippen LogP contribution in [0.5, 0.6) is 0 Å². The Morgan fingerprint density at radius 2 is 1.82 bits per heavy atom. The van der Waals surface area contributed by atoms with Gasteiger partial charge in [0, 0.05) is 5.54 Å². The Bertz CT molecular complexity index is 138. The Kier molecular flexibility index (Phi) is 3.79. The molecule has 0 fully saturated rings. The van der Waals surface area contributed by atoms with E-state index >= 15 is 0 Å². The van der Waals surface area contributed by atoms with Gasteiger partial charge in [-0.2, -0.15) is 0 Å². The summed E-state index contributed by atoms with van der Waals surface area (Å²) in [7, 11) is 0. The lowest BCUT2D eigenvalue weighted by Crippen LogP contribution is -2.41. The molecule has 0 rings (SSSR count). The lowest BCUT2D eigenvalue weighted by atomic mass is 10.1. The molecule has 2 nitrogen and oxygen atoms in total. The predicted octanol–water partition coefficient (Wildman–Crippen LogP) is 2.08. The van der Waals surface area contributed by atoms with Crippen LogP contribution in [0.1, 0.15) is 34.6 Å². The Balaban J connectivity index is 3.71. The van der Waals surface area contributed by atoms with Gasteiger partial charge in [0.25, 0.3) is 5.17 Å². The third-order valence-electron chi connectivity index (χ3n) is 0.820. The van der Waals surface area contributed by atoms with Crippen LogP contribution in [-0.2, 0) is 4.74 Å². The van der Waals surface area contributed by atoms with Crippen LogP contribution in [0.15, 0.2) is 0 Å². The van der Waals surface area contributed by atoms with Crippen LogP contribution in [0.4, 0.5) is 0 Å². The minimum Gasteiger partial charge on any atom is -0.468 e. The third-order valence-corrected chi connectivity index (χ3v) is 1.02. The zero-order chi connectivity index (χ0) is 9.07. The van der Waals surface area contributed by atoms with Crippen molar-refractivity contribution in [2.75, 3.05) is 0 Å². The highest BCUT2D eigenvalue weighted by atomic mass is 32.1. The molecule has 11 heavy (non-hydrogen) atoms. The fourth-order valence-corrected chi connectivity index (χ4v) is 1.05. The molecule has 3 heteroatoms. The Morgan fingerprint density at radius 3 is 2.09 bits per heavy atom. The van der Waals surface area contributed by atoms with E-state index in [0.717, 1.165) is 0 Å². The highest BCUT2D eigenvalue weighted by Gasteiger charge is 2.12. The Hall–Kier alpha value is -0.310. The summed E-state index contributed by atoms with van der Waals surface area (Å²) in [5.41, 5.74) is -0.00796. The van der Waals surface area contributed by atoms with Gasteiger partial charge in [0.2, 0.25) is 0 Å². The van der Waals surface area contributed by atoms with Gasteiger partial charge in [-0.05, 0) is 46.8 Å². The summed E-state index contributed by atoms with van der Waals surface area (Å²) in [5.74, 6) is 0. The van der Waals surface area contributed by atoms with E-state index < -0.39 is 0 Å². The molecule has 0 amide bonds. The van der Waals surface area contributed by atoms with Crippen molar-refractivity contribution >= 4 is 17.4 Å². The number of hydrogen-bond acceptors (Lipinski definition) is 2. The first-order valence-electron chi connectivity index (χ1n) is 3.80. The molecule has 0 spiro atoms. The van der Waals surface area contributed by atoms with E-state index in [-0.39, 0.29) is 11.6 Å². The van der Waals surface area contributed by atoms with E-state index in [0.29, 0.717) is 5.17 Å². The van der Waals surface area contributed by atoms with Crippen molar-refractivity contribution in [3.63, 3.8) is 0 Å². The van der Waals surface area contributed by atoms with E-state index in [1.807, 2.05) is 34.6 Å². The van der Waals surface area contributed by atoms with Crippen LogP contribution in [0.25, 0.3) is 0 Å². The monoisotopic (exact) mass is 175 g/mol. The Morgan fingerprint density at radius 1 is 1.36 bits per heavy atom. The molecule has 0 atom stereocenters. The van der Waals surface area contributed by atoms with E-state index in [9.17, 15) is 0 Å². The smallest absolute Gasteiger partial charge is 0.257 e. The molecule has 0 aliphatic heterocycles. The summed E-state index contributed by atoms with van der Waals surface area (Å²) in [4.78, 5) is 0. The van der Waals surface area contributed by atoms with Gasteiger partial charge in [-0.25, -0.2) is 0 Å². The van der Waals surface area contributed by atoms with Crippen molar-refractivity contribution in [1.82, 2.24) is 5.32 Å². The fourth-order valence-electron chi connectivity index (χ4n) is 0.550. The lowest BCUT2D eigenvalue weighted by molar-refractivity contribution is 0.216. The van der Waals surface area contributed by atoms with Gasteiger partial charge in [-0.15, -0.1) is 0 Å². The van der Waals surface area contributed by atoms with Gasteiger partial charge in [-0.1, -0.05) is 0 Å². The van der Waals surface area contributed by atoms with Crippen molar-refractivity contribution in [1.29, 1.82) is 0 Å². The molecule has 0 unspecified atom stereocenters. The summed E-state index contributed by atoms with van der Waals surface area (Å²) in [5, 5.41) is 3.54. The number of hydrogen-bond donors (Lipinski definition) is 1. The Labute approximate surface area is 74.3 Å². The first-order valence-corrected chi connectivity index (χ1v) is 4.21. The van der Waals surface area contributed by atoms with Gasteiger partial charge in [0.05, 0.1) is 6.10 Å². The second-order valence-corrected chi connectivity index (χ2v) is 4.20. The topological polar surface area (TPSA) is 21.3 Å². The zero-order valence-electron chi connectivity index (χ0n) is 7.89. The zero-order valence-corrected chi connectivity index (χ0v) is 8.71. The van der Waals surface area contributed by atoms with Crippen LogP contribution in [0, 0.1) is 0 Å².